The number of H-pyrrole nitrogens is 1. The number of tetrazole rings is 1. The van der Waals surface area contributed by atoms with Crippen molar-refractivity contribution in [1.29, 1.82) is 0 Å². The van der Waals surface area contributed by atoms with Gasteiger partial charge in [-0.05, 0) is 70.3 Å². The van der Waals surface area contributed by atoms with E-state index in [1.54, 1.807) is 14.2 Å². The van der Waals surface area contributed by atoms with Crippen molar-refractivity contribution < 1.29 is 9.47 Å². The summed E-state index contributed by atoms with van der Waals surface area (Å²) in [4.78, 5) is 21.4. The second-order valence-electron chi connectivity index (χ2n) is 10.1. The first kappa shape index (κ1) is 26.5. The topological polar surface area (TPSA) is 101 Å². The summed E-state index contributed by atoms with van der Waals surface area (Å²) in [7, 11) is 3.29. The van der Waals surface area contributed by atoms with Crippen LogP contribution in [0.2, 0.25) is 0 Å². The summed E-state index contributed by atoms with van der Waals surface area (Å²) in [5.74, 6) is 2.19. The molecule has 1 atom stereocenters. The van der Waals surface area contributed by atoms with Crippen LogP contribution in [0.25, 0.3) is 10.9 Å². The quantitative estimate of drug-likeness (QED) is 0.296. The van der Waals surface area contributed by atoms with Crippen molar-refractivity contribution in [2.75, 3.05) is 45.3 Å². The second-order valence-corrected chi connectivity index (χ2v) is 10.1. The lowest BCUT2D eigenvalue weighted by Crippen LogP contribution is -2.49. The number of ether oxygens (including phenoxy) is 2. The fourth-order valence-electron chi connectivity index (χ4n) is 5.50. The van der Waals surface area contributed by atoms with Gasteiger partial charge in [0.05, 0.1) is 19.7 Å². The molecule has 0 spiro atoms. The normalized spacial score (nSPS) is 14.7. The van der Waals surface area contributed by atoms with Crippen LogP contribution in [-0.2, 0) is 13.0 Å². The Kier molecular flexibility index (Phi) is 7.64. The van der Waals surface area contributed by atoms with Gasteiger partial charge in [-0.2, -0.15) is 0 Å². The third kappa shape index (κ3) is 5.64. The van der Waals surface area contributed by atoms with Crippen molar-refractivity contribution in [3.63, 3.8) is 0 Å². The van der Waals surface area contributed by atoms with Gasteiger partial charge in [0, 0.05) is 50.0 Å². The first-order valence-electron chi connectivity index (χ1n) is 13.8. The molecule has 0 unspecified atom stereocenters. The smallest absolute Gasteiger partial charge is 0.253 e. The number of fused-ring (bicyclic) bond motifs is 1. The van der Waals surface area contributed by atoms with Crippen LogP contribution in [0, 0.1) is 0 Å². The summed E-state index contributed by atoms with van der Waals surface area (Å²) < 4.78 is 12.5. The summed E-state index contributed by atoms with van der Waals surface area (Å²) in [5, 5.41) is 13.8. The number of hydrogen-bond acceptors (Lipinski definition) is 8. The number of aromatic amines is 1. The lowest BCUT2D eigenvalue weighted by molar-refractivity contribution is 0.199. The maximum Gasteiger partial charge on any atom is 0.253 e. The molecular formula is C31H33N7O3. The Labute approximate surface area is 238 Å². The Hall–Kier alpha value is -4.70. The number of pyridine rings is 1. The predicted molar refractivity (Wildman–Crippen MR) is 158 cm³/mol. The van der Waals surface area contributed by atoms with E-state index in [1.807, 2.05) is 59.3 Å². The molecule has 1 aliphatic rings. The van der Waals surface area contributed by atoms with E-state index in [4.69, 9.17) is 9.47 Å². The Morgan fingerprint density at radius 1 is 0.878 bits per heavy atom. The zero-order valence-corrected chi connectivity index (χ0v) is 23.2. The molecule has 0 aliphatic carbocycles. The maximum atomic E-state index is 13.6. The molecule has 2 aromatic heterocycles. The number of aryl methyl sites for hydroxylation is 2. The molecule has 3 heterocycles. The Morgan fingerprint density at radius 3 is 2.34 bits per heavy atom. The van der Waals surface area contributed by atoms with E-state index in [9.17, 15) is 4.79 Å². The molecule has 10 heteroatoms. The van der Waals surface area contributed by atoms with E-state index in [0.29, 0.717) is 23.7 Å². The second kappa shape index (κ2) is 11.8. The highest BCUT2D eigenvalue weighted by Crippen LogP contribution is 2.30. The van der Waals surface area contributed by atoms with Crippen molar-refractivity contribution in [3.05, 3.63) is 106 Å². The van der Waals surface area contributed by atoms with Crippen molar-refractivity contribution in [2.24, 2.45) is 0 Å². The number of methoxy groups -OCH3 is 2. The molecule has 0 amide bonds. The third-order valence-electron chi connectivity index (χ3n) is 7.75. The van der Waals surface area contributed by atoms with E-state index in [0.717, 1.165) is 54.9 Å². The summed E-state index contributed by atoms with van der Waals surface area (Å²) in [6.45, 7) is 3.69. The molecule has 0 radical (unpaired) electrons. The molecule has 10 nitrogen and oxygen atoms in total. The first-order chi connectivity index (χ1) is 20.1. The van der Waals surface area contributed by atoms with Gasteiger partial charge in [0.15, 0.2) is 5.82 Å². The number of hydrogen-bond donors (Lipinski definition) is 1. The van der Waals surface area contributed by atoms with Gasteiger partial charge in [-0.15, -0.1) is 5.10 Å². The summed E-state index contributed by atoms with van der Waals surface area (Å²) >= 11 is 0. The minimum atomic E-state index is -0.408. The van der Waals surface area contributed by atoms with E-state index in [1.165, 1.54) is 5.56 Å². The van der Waals surface area contributed by atoms with Crippen LogP contribution in [0.4, 0.5) is 5.69 Å². The summed E-state index contributed by atoms with van der Waals surface area (Å²) in [5.41, 5.74) is 3.54. The Morgan fingerprint density at radius 2 is 1.61 bits per heavy atom. The van der Waals surface area contributed by atoms with Gasteiger partial charge in [-0.3, -0.25) is 9.69 Å². The van der Waals surface area contributed by atoms with E-state index in [-0.39, 0.29) is 5.56 Å². The number of nitrogens with zero attached hydrogens (tertiary/aromatic N) is 6. The van der Waals surface area contributed by atoms with Crippen LogP contribution in [0.5, 0.6) is 11.5 Å². The minimum Gasteiger partial charge on any atom is -0.497 e. The molecule has 3 aromatic carbocycles. The van der Waals surface area contributed by atoms with Gasteiger partial charge in [-0.1, -0.05) is 30.3 Å². The fourth-order valence-corrected chi connectivity index (χ4v) is 5.50. The highest BCUT2D eigenvalue weighted by atomic mass is 16.5. The van der Waals surface area contributed by atoms with Crippen LogP contribution in [0.1, 0.15) is 23.0 Å². The Balaban J connectivity index is 1.33. The molecule has 1 fully saturated rings. The summed E-state index contributed by atoms with van der Waals surface area (Å²) in [6.07, 6.45) is 0.782. The lowest BCUT2D eigenvalue weighted by Gasteiger charge is -2.39. The molecule has 5 aromatic rings. The van der Waals surface area contributed by atoms with Crippen molar-refractivity contribution in [2.45, 2.75) is 19.0 Å². The number of rotatable bonds is 9. The third-order valence-corrected chi connectivity index (χ3v) is 7.75. The van der Waals surface area contributed by atoms with Crippen LogP contribution in [-0.4, -0.2) is 70.5 Å². The van der Waals surface area contributed by atoms with Gasteiger partial charge >= 0.3 is 0 Å². The average molecular weight is 552 g/mol. The largest absolute Gasteiger partial charge is 0.497 e. The molecule has 210 valence electrons. The van der Waals surface area contributed by atoms with Crippen LogP contribution in [0.3, 0.4) is 0 Å². The zero-order valence-electron chi connectivity index (χ0n) is 23.2. The van der Waals surface area contributed by atoms with Crippen LogP contribution >= 0.6 is 0 Å². The predicted octanol–water partition coefficient (Wildman–Crippen LogP) is 3.69. The molecule has 1 saturated heterocycles. The van der Waals surface area contributed by atoms with E-state index < -0.39 is 6.04 Å². The number of piperazine rings is 1. The van der Waals surface area contributed by atoms with Crippen molar-refractivity contribution in [1.82, 2.24) is 30.1 Å². The fraction of sp³-hybridized carbons (Fsp3) is 0.290. The molecule has 1 N–H and O–H groups in total. The van der Waals surface area contributed by atoms with Crippen LogP contribution in [0.15, 0.2) is 83.7 Å². The molecule has 0 saturated carbocycles. The van der Waals surface area contributed by atoms with E-state index in [2.05, 4.69) is 54.6 Å². The van der Waals surface area contributed by atoms with Gasteiger partial charge in [0.1, 0.15) is 17.5 Å². The SMILES string of the molecule is COc1ccc(N2CCN([C@@H](c3cc4ccc(OC)cc4[nH]c3=O)c3nnnn3CCc3ccccc3)CC2)cc1. The molecule has 41 heavy (non-hydrogen) atoms. The average Bonchev–Trinajstić information content (AvgIpc) is 3.49. The van der Waals surface area contributed by atoms with Crippen molar-refractivity contribution >= 4 is 16.6 Å². The minimum absolute atomic E-state index is 0.161. The Bertz CT molecular complexity index is 1660. The number of anilines is 1. The maximum absolute atomic E-state index is 13.6. The van der Waals surface area contributed by atoms with Gasteiger partial charge in [-0.25, -0.2) is 4.68 Å². The summed E-state index contributed by atoms with van der Waals surface area (Å²) in [6, 6.07) is 25.7. The molecule has 0 bridgehead atoms. The highest BCUT2D eigenvalue weighted by molar-refractivity contribution is 5.80. The molecule has 1 aliphatic heterocycles. The van der Waals surface area contributed by atoms with Gasteiger partial charge in [0.2, 0.25) is 0 Å². The zero-order chi connectivity index (χ0) is 28.2. The van der Waals surface area contributed by atoms with Gasteiger partial charge < -0.3 is 19.4 Å². The molecule has 6 rings (SSSR count). The lowest BCUT2D eigenvalue weighted by atomic mass is 10.0. The van der Waals surface area contributed by atoms with Crippen molar-refractivity contribution in [3.8, 4) is 11.5 Å². The van der Waals surface area contributed by atoms with Crippen LogP contribution < -0.4 is 19.9 Å². The molecular weight excluding hydrogens is 518 g/mol. The monoisotopic (exact) mass is 551 g/mol. The first-order valence-corrected chi connectivity index (χ1v) is 13.8. The van der Waals surface area contributed by atoms with Gasteiger partial charge in [0.25, 0.3) is 5.56 Å². The van der Waals surface area contributed by atoms with E-state index >= 15 is 0 Å². The highest BCUT2D eigenvalue weighted by Gasteiger charge is 2.32. The number of benzene rings is 3. The standard InChI is InChI=1S/C31H33N7O3/c1-40-25-12-9-24(10-13-25)36-16-18-37(19-17-36)29(27-20-23-8-11-26(41-2)21-28(23)32-31(27)39)30-33-34-35-38(30)15-14-22-6-4-3-5-7-22/h3-13,20-21,29H,14-19H2,1-2H3,(H,32,39)/t29-/m0/s1. The number of nitrogens with one attached hydrogen (secondary N) is 1. The number of aromatic nitrogens is 5.